The van der Waals surface area contributed by atoms with Gasteiger partial charge in [0.1, 0.15) is 0 Å². The Hall–Kier alpha value is -0.120. The summed E-state index contributed by atoms with van der Waals surface area (Å²) in [6.07, 6.45) is 1.24. The lowest BCUT2D eigenvalue weighted by Gasteiger charge is -2.40. The maximum absolute atomic E-state index is 5.55. The molecule has 2 atom stereocenters. The van der Waals surface area contributed by atoms with Crippen molar-refractivity contribution in [2.45, 2.75) is 32.4 Å². The summed E-state index contributed by atoms with van der Waals surface area (Å²) in [6, 6.07) is 1.36. The minimum atomic E-state index is 0.658. The Morgan fingerprint density at radius 1 is 1.43 bits per heavy atom. The first kappa shape index (κ1) is 10.4. The number of morpholine rings is 1. The van der Waals surface area contributed by atoms with Gasteiger partial charge in [-0.05, 0) is 18.9 Å². The first-order chi connectivity index (χ1) is 6.79. The summed E-state index contributed by atoms with van der Waals surface area (Å²) in [7, 11) is 0. The monoisotopic (exact) mass is 198 g/mol. The Morgan fingerprint density at radius 2 is 2.29 bits per heavy atom. The minimum absolute atomic E-state index is 0.658. The fraction of sp³-hybridized carbons (Fsp3) is 1.00. The van der Waals surface area contributed by atoms with E-state index in [-0.39, 0.29) is 0 Å². The third kappa shape index (κ3) is 2.10. The summed E-state index contributed by atoms with van der Waals surface area (Å²) in [5.41, 5.74) is 0. The van der Waals surface area contributed by atoms with E-state index < -0.39 is 0 Å². The zero-order valence-corrected chi connectivity index (χ0v) is 9.33. The molecule has 2 unspecified atom stereocenters. The molecule has 2 heterocycles. The van der Waals surface area contributed by atoms with Crippen LogP contribution < -0.4 is 5.32 Å². The number of hydrogen-bond acceptors (Lipinski definition) is 3. The highest BCUT2D eigenvalue weighted by Gasteiger charge is 2.32. The fourth-order valence-electron chi connectivity index (χ4n) is 2.61. The molecule has 0 aliphatic carbocycles. The van der Waals surface area contributed by atoms with Gasteiger partial charge in [0, 0.05) is 25.2 Å². The summed E-state index contributed by atoms with van der Waals surface area (Å²) in [5.74, 6) is 0.737. The number of nitrogens with zero attached hydrogens (tertiary/aromatic N) is 1. The zero-order valence-electron chi connectivity index (χ0n) is 9.33. The van der Waals surface area contributed by atoms with Crippen molar-refractivity contribution in [2.24, 2.45) is 5.92 Å². The van der Waals surface area contributed by atoms with Gasteiger partial charge < -0.3 is 10.1 Å². The molecule has 2 saturated heterocycles. The average molecular weight is 198 g/mol. The van der Waals surface area contributed by atoms with Crippen LogP contribution in [0.15, 0.2) is 0 Å². The summed E-state index contributed by atoms with van der Waals surface area (Å²) < 4.78 is 5.55. The van der Waals surface area contributed by atoms with Crippen LogP contribution in [0.2, 0.25) is 0 Å². The SMILES string of the molecule is CC(C)C1CNCCC2COCCN21. The molecule has 14 heavy (non-hydrogen) atoms. The van der Waals surface area contributed by atoms with Gasteiger partial charge in [-0.25, -0.2) is 0 Å². The van der Waals surface area contributed by atoms with Crippen LogP contribution in [0.25, 0.3) is 0 Å². The Kier molecular flexibility index (Phi) is 3.42. The molecule has 0 amide bonds. The summed E-state index contributed by atoms with van der Waals surface area (Å²) in [5, 5.41) is 3.54. The quantitative estimate of drug-likeness (QED) is 0.671. The molecule has 2 aliphatic heterocycles. The van der Waals surface area contributed by atoms with Gasteiger partial charge in [-0.3, -0.25) is 4.90 Å². The van der Waals surface area contributed by atoms with Crippen LogP contribution in [0.1, 0.15) is 20.3 Å². The molecule has 0 spiro atoms. The Balaban J connectivity index is 2.06. The normalized spacial score (nSPS) is 35.4. The van der Waals surface area contributed by atoms with Crippen LogP contribution in [-0.2, 0) is 4.74 Å². The predicted octanol–water partition coefficient (Wildman–Crippen LogP) is 0.705. The second kappa shape index (κ2) is 4.60. The molecule has 3 heteroatoms. The number of rotatable bonds is 1. The molecular weight excluding hydrogens is 176 g/mol. The van der Waals surface area contributed by atoms with Crippen molar-refractivity contribution in [3.05, 3.63) is 0 Å². The van der Waals surface area contributed by atoms with Gasteiger partial charge >= 0.3 is 0 Å². The van der Waals surface area contributed by atoms with Crippen LogP contribution in [0.3, 0.4) is 0 Å². The van der Waals surface area contributed by atoms with E-state index in [9.17, 15) is 0 Å². The van der Waals surface area contributed by atoms with Gasteiger partial charge in [0.2, 0.25) is 0 Å². The molecule has 0 saturated carbocycles. The van der Waals surface area contributed by atoms with Crippen molar-refractivity contribution < 1.29 is 4.74 Å². The predicted molar refractivity (Wildman–Crippen MR) is 57.4 cm³/mol. The third-order valence-corrected chi connectivity index (χ3v) is 3.48. The molecule has 82 valence electrons. The van der Waals surface area contributed by atoms with Crippen LogP contribution in [-0.4, -0.2) is 49.8 Å². The lowest BCUT2D eigenvalue weighted by Crippen LogP contribution is -2.53. The van der Waals surface area contributed by atoms with E-state index in [1.54, 1.807) is 0 Å². The molecule has 2 rings (SSSR count). The number of ether oxygens (including phenoxy) is 1. The van der Waals surface area contributed by atoms with Gasteiger partial charge in [-0.15, -0.1) is 0 Å². The van der Waals surface area contributed by atoms with E-state index in [4.69, 9.17) is 4.74 Å². The first-order valence-electron chi connectivity index (χ1n) is 5.83. The maximum atomic E-state index is 5.55. The largest absolute Gasteiger partial charge is 0.378 e. The zero-order chi connectivity index (χ0) is 9.97. The summed E-state index contributed by atoms with van der Waals surface area (Å²) in [4.78, 5) is 2.66. The highest BCUT2D eigenvalue weighted by atomic mass is 16.5. The lowest BCUT2D eigenvalue weighted by molar-refractivity contribution is -0.0329. The molecule has 0 aromatic heterocycles. The molecule has 2 aliphatic rings. The van der Waals surface area contributed by atoms with Crippen molar-refractivity contribution in [1.29, 1.82) is 0 Å². The molecule has 0 aromatic rings. The highest BCUT2D eigenvalue weighted by Crippen LogP contribution is 2.20. The number of hydrogen-bond donors (Lipinski definition) is 1. The second-order valence-corrected chi connectivity index (χ2v) is 4.77. The maximum Gasteiger partial charge on any atom is 0.0623 e. The van der Waals surface area contributed by atoms with Crippen molar-refractivity contribution in [3.8, 4) is 0 Å². The number of fused-ring (bicyclic) bond motifs is 1. The van der Waals surface area contributed by atoms with Crippen LogP contribution in [0.5, 0.6) is 0 Å². The summed E-state index contributed by atoms with van der Waals surface area (Å²) in [6.45, 7) is 9.91. The van der Waals surface area contributed by atoms with Gasteiger partial charge in [-0.2, -0.15) is 0 Å². The second-order valence-electron chi connectivity index (χ2n) is 4.77. The van der Waals surface area contributed by atoms with Gasteiger partial charge in [0.25, 0.3) is 0 Å². The third-order valence-electron chi connectivity index (χ3n) is 3.48. The van der Waals surface area contributed by atoms with Gasteiger partial charge in [0.05, 0.1) is 13.2 Å². The Labute approximate surface area is 86.8 Å². The molecular formula is C11H22N2O. The first-order valence-corrected chi connectivity index (χ1v) is 5.83. The van der Waals surface area contributed by atoms with E-state index in [2.05, 4.69) is 24.1 Å². The molecule has 0 bridgehead atoms. The van der Waals surface area contributed by atoms with E-state index in [1.807, 2.05) is 0 Å². The molecule has 1 N–H and O–H groups in total. The fourth-order valence-corrected chi connectivity index (χ4v) is 2.61. The van der Waals surface area contributed by atoms with E-state index >= 15 is 0 Å². The molecule has 0 aromatic carbocycles. The van der Waals surface area contributed by atoms with E-state index in [1.165, 1.54) is 6.42 Å². The van der Waals surface area contributed by atoms with Crippen molar-refractivity contribution in [1.82, 2.24) is 10.2 Å². The highest BCUT2D eigenvalue weighted by molar-refractivity contribution is 4.88. The van der Waals surface area contributed by atoms with Gasteiger partial charge in [0.15, 0.2) is 0 Å². The standard InChI is InChI=1S/C11H22N2O/c1-9(2)11-7-12-4-3-10-8-14-6-5-13(10)11/h9-12H,3-8H2,1-2H3. The summed E-state index contributed by atoms with van der Waals surface area (Å²) >= 11 is 0. The van der Waals surface area contributed by atoms with Crippen LogP contribution in [0.4, 0.5) is 0 Å². The number of nitrogens with one attached hydrogen (secondary N) is 1. The molecule has 3 nitrogen and oxygen atoms in total. The van der Waals surface area contributed by atoms with Gasteiger partial charge in [-0.1, -0.05) is 13.8 Å². The van der Waals surface area contributed by atoms with Crippen LogP contribution in [0, 0.1) is 5.92 Å². The van der Waals surface area contributed by atoms with Crippen molar-refractivity contribution in [3.63, 3.8) is 0 Å². The topological polar surface area (TPSA) is 24.5 Å². The Bertz CT molecular complexity index is 184. The van der Waals surface area contributed by atoms with Crippen LogP contribution >= 0.6 is 0 Å². The minimum Gasteiger partial charge on any atom is -0.378 e. The smallest absolute Gasteiger partial charge is 0.0623 e. The molecule has 0 radical (unpaired) electrons. The van der Waals surface area contributed by atoms with E-state index in [0.717, 1.165) is 38.8 Å². The van der Waals surface area contributed by atoms with Crippen molar-refractivity contribution in [2.75, 3.05) is 32.8 Å². The van der Waals surface area contributed by atoms with Crippen molar-refractivity contribution >= 4 is 0 Å². The average Bonchev–Trinajstić information content (AvgIpc) is 2.39. The lowest BCUT2D eigenvalue weighted by atomic mass is 10.0. The molecule has 2 fully saturated rings. The Morgan fingerprint density at radius 3 is 3.07 bits per heavy atom. The van der Waals surface area contributed by atoms with E-state index in [0.29, 0.717) is 12.1 Å².